The van der Waals surface area contributed by atoms with Crippen molar-refractivity contribution in [3.8, 4) is 0 Å². The molecule has 1 amide bonds. The molecule has 2 N–H and O–H groups in total. The largest absolute Gasteiger partial charge is 0.446 e. The Balaban J connectivity index is 2.19. The fourth-order valence-electron chi connectivity index (χ4n) is 1.66. The lowest BCUT2D eigenvalue weighted by atomic mass is 10.2. The highest BCUT2D eigenvalue weighted by molar-refractivity contribution is 8.00. The lowest BCUT2D eigenvalue weighted by Gasteiger charge is -2.10. The van der Waals surface area contributed by atoms with Crippen molar-refractivity contribution in [1.29, 1.82) is 0 Å². The van der Waals surface area contributed by atoms with Crippen molar-refractivity contribution in [2.24, 2.45) is 0 Å². The summed E-state index contributed by atoms with van der Waals surface area (Å²) < 4.78 is 37.4. The van der Waals surface area contributed by atoms with Crippen LogP contribution >= 0.6 is 11.8 Å². The second-order valence-electron chi connectivity index (χ2n) is 4.13. The molecule has 1 aromatic carbocycles. The molecule has 0 aliphatic rings. The maximum absolute atomic E-state index is 12.5. The van der Waals surface area contributed by atoms with Gasteiger partial charge in [0.25, 0.3) is 5.91 Å². The van der Waals surface area contributed by atoms with Crippen molar-refractivity contribution in [1.82, 2.24) is 10.2 Å². The van der Waals surface area contributed by atoms with E-state index < -0.39 is 11.4 Å². The van der Waals surface area contributed by atoms with Crippen molar-refractivity contribution in [3.05, 3.63) is 41.6 Å². The minimum atomic E-state index is -4.45. The number of carbonyl (C=O) groups is 1. The second-order valence-corrected chi connectivity index (χ2v) is 5.24. The standard InChI is InChI=1S/C13H12F3N3OS/c1-2-8-7-11(19-18-8)17-12(20)9-5-3-4-6-10(9)21-13(14,15)16/h3-7H,2H2,1H3,(H2,17,18,19,20). The van der Waals surface area contributed by atoms with Gasteiger partial charge in [0.15, 0.2) is 5.82 Å². The summed E-state index contributed by atoms with van der Waals surface area (Å²) in [6, 6.07) is 7.20. The number of thioether (sulfide) groups is 1. The van der Waals surface area contributed by atoms with Gasteiger partial charge in [-0.3, -0.25) is 9.89 Å². The highest BCUT2D eigenvalue weighted by Crippen LogP contribution is 2.38. The number of benzene rings is 1. The summed E-state index contributed by atoms with van der Waals surface area (Å²) in [4.78, 5) is 11.9. The summed E-state index contributed by atoms with van der Waals surface area (Å²) in [6.45, 7) is 1.91. The Morgan fingerprint density at radius 2 is 2.10 bits per heavy atom. The van der Waals surface area contributed by atoms with Gasteiger partial charge in [-0.25, -0.2) is 0 Å². The van der Waals surface area contributed by atoms with E-state index in [-0.39, 0.29) is 28.0 Å². The predicted octanol–water partition coefficient (Wildman–Crippen LogP) is 3.84. The third kappa shape index (κ3) is 4.25. The van der Waals surface area contributed by atoms with Crippen LogP contribution in [0, 0.1) is 0 Å². The molecule has 0 atom stereocenters. The number of aromatic nitrogens is 2. The first kappa shape index (κ1) is 15.4. The molecule has 0 saturated carbocycles. The number of hydrogen-bond acceptors (Lipinski definition) is 3. The van der Waals surface area contributed by atoms with Crippen LogP contribution in [0.5, 0.6) is 0 Å². The Morgan fingerprint density at radius 3 is 2.71 bits per heavy atom. The number of H-pyrrole nitrogens is 1. The van der Waals surface area contributed by atoms with Gasteiger partial charge in [0, 0.05) is 16.7 Å². The molecule has 0 aliphatic carbocycles. The van der Waals surface area contributed by atoms with E-state index in [1.54, 1.807) is 6.07 Å². The maximum Gasteiger partial charge on any atom is 0.446 e. The number of alkyl halides is 3. The first-order chi connectivity index (χ1) is 9.89. The fourth-order valence-corrected chi connectivity index (χ4v) is 2.32. The van der Waals surface area contributed by atoms with Crippen molar-refractivity contribution < 1.29 is 18.0 Å². The van der Waals surface area contributed by atoms with Crippen LogP contribution in [0.15, 0.2) is 35.2 Å². The van der Waals surface area contributed by atoms with Crippen LogP contribution in [-0.2, 0) is 6.42 Å². The van der Waals surface area contributed by atoms with Crippen molar-refractivity contribution in [2.45, 2.75) is 23.7 Å². The van der Waals surface area contributed by atoms with E-state index in [1.807, 2.05) is 6.92 Å². The third-order valence-electron chi connectivity index (χ3n) is 2.61. The highest BCUT2D eigenvalue weighted by atomic mass is 32.2. The minimum Gasteiger partial charge on any atom is -0.305 e. The van der Waals surface area contributed by atoms with E-state index in [2.05, 4.69) is 15.5 Å². The van der Waals surface area contributed by atoms with Crippen LogP contribution in [-0.4, -0.2) is 21.6 Å². The zero-order chi connectivity index (χ0) is 15.5. The van der Waals surface area contributed by atoms with Gasteiger partial charge >= 0.3 is 5.51 Å². The van der Waals surface area contributed by atoms with Gasteiger partial charge in [-0.2, -0.15) is 18.3 Å². The Hall–Kier alpha value is -1.96. The SMILES string of the molecule is CCc1cc(NC(=O)c2ccccc2SC(F)(F)F)n[nH]1. The molecule has 0 saturated heterocycles. The quantitative estimate of drug-likeness (QED) is 0.843. The topological polar surface area (TPSA) is 57.8 Å². The first-order valence-electron chi connectivity index (χ1n) is 6.09. The summed E-state index contributed by atoms with van der Waals surface area (Å²) in [5, 5.41) is 9.06. The third-order valence-corrected chi connectivity index (χ3v) is 3.42. The smallest absolute Gasteiger partial charge is 0.305 e. The van der Waals surface area contributed by atoms with Crippen LogP contribution in [0.4, 0.5) is 19.0 Å². The molecule has 112 valence electrons. The number of carbonyl (C=O) groups excluding carboxylic acids is 1. The molecular weight excluding hydrogens is 303 g/mol. The molecule has 1 heterocycles. The van der Waals surface area contributed by atoms with E-state index in [9.17, 15) is 18.0 Å². The molecule has 4 nitrogen and oxygen atoms in total. The molecule has 0 radical (unpaired) electrons. The highest BCUT2D eigenvalue weighted by Gasteiger charge is 2.31. The average molecular weight is 315 g/mol. The summed E-state index contributed by atoms with van der Waals surface area (Å²) >= 11 is -0.313. The van der Waals surface area contributed by atoms with Gasteiger partial charge < -0.3 is 5.32 Å². The van der Waals surface area contributed by atoms with E-state index in [0.717, 1.165) is 5.69 Å². The predicted molar refractivity (Wildman–Crippen MR) is 74.3 cm³/mol. The van der Waals surface area contributed by atoms with Crippen molar-refractivity contribution in [2.75, 3.05) is 5.32 Å². The van der Waals surface area contributed by atoms with Crippen LogP contribution in [0.3, 0.4) is 0 Å². The summed E-state index contributed by atoms with van der Waals surface area (Å²) in [6.07, 6.45) is 0.712. The monoisotopic (exact) mass is 315 g/mol. The maximum atomic E-state index is 12.5. The fraction of sp³-hybridized carbons (Fsp3) is 0.231. The molecule has 0 unspecified atom stereocenters. The van der Waals surface area contributed by atoms with E-state index in [0.29, 0.717) is 6.42 Å². The summed E-state index contributed by atoms with van der Waals surface area (Å²) in [7, 11) is 0. The van der Waals surface area contributed by atoms with Gasteiger partial charge in [-0.05, 0) is 30.3 Å². The summed E-state index contributed by atoms with van der Waals surface area (Å²) in [5.74, 6) is -0.347. The molecule has 2 aromatic rings. The molecule has 21 heavy (non-hydrogen) atoms. The Labute approximate surface area is 123 Å². The van der Waals surface area contributed by atoms with Crippen molar-refractivity contribution in [3.63, 3.8) is 0 Å². The minimum absolute atomic E-state index is 0.0409. The van der Waals surface area contributed by atoms with E-state index >= 15 is 0 Å². The first-order valence-corrected chi connectivity index (χ1v) is 6.91. The van der Waals surface area contributed by atoms with Gasteiger partial charge in [0.1, 0.15) is 0 Å². The van der Waals surface area contributed by atoms with E-state index in [1.165, 1.54) is 24.3 Å². The zero-order valence-corrected chi connectivity index (χ0v) is 11.8. The number of hydrogen-bond donors (Lipinski definition) is 2. The second kappa shape index (κ2) is 6.21. The number of nitrogens with zero attached hydrogens (tertiary/aromatic N) is 1. The van der Waals surface area contributed by atoms with Crippen LogP contribution in [0.25, 0.3) is 0 Å². The summed E-state index contributed by atoms with van der Waals surface area (Å²) in [5.41, 5.74) is -3.66. The lowest BCUT2D eigenvalue weighted by molar-refractivity contribution is -0.0328. The van der Waals surface area contributed by atoms with Crippen molar-refractivity contribution >= 4 is 23.5 Å². The number of amides is 1. The molecule has 1 aromatic heterocycles. The van der Waals surface area contributed by atoms with E-state index in [4.69, 9.17) is 0 Å². The number of aryl methyl sites for hydroxylation is 1. The lowest BCUT2D eigenvalue weighted by Crippen LogP contribution is -2.14. The Kier molecular flexibility index (Phi) is 4.56. The molecule has 8 heteroatoms. The Bertz CT molecular complexity index is 640. The molecular formula is C13H12F3N3OS. The van der Waals surface area contributed by atoms with Gasteiger partial charge in [0.05, 0.1) is 5.56 Å². The van der Waals surface area contributed by atoms with Gasteiger partial charge in [-0.1, -0.05) is 19.1 Å². The van der Waals surface area contributed by atoms with Gasteiger partial charge in [0.2, 0.25) is 0 Å². The molecule has 0 bridgehead atoms. The number of aromatic amines is 1. The zero-order valence-electron chi connectivity index (χ0n) is 11.0. The average Bonchev–Trinajstić information content (AvgIpc) is 2.85. The molecule has 2 rings (SSSR count). The van der Waals surface area contributed by atoms with Crippen LogP contribution in [0.1, 0.15) is 23.0 Å². The van der Waals surface area contributed by atoms with Crippen LogP contribution in [0.2, 0.25) is 0 Å². The molecule has 0 fully saturated rings. The van der Waals surface area contributed by atoms with Gasteiger partial charge in [-0.15, -0.1) is 0 Å². The normalized spacial score (nSPS) is 11.4. The van der Waals surface area contributed by atoms with Crippen LogP contribution < -0.4 is 5.32 Å². The molecule has 0 aliphatic heterocycles. The number of rotatable bonds is 4. The number of nitrogens with one attached hydrogen (secondary N) is 2. The Morgan fingerprint density at radius 1 is 1.38 bits per heavy atom. The number of halogens is 3. The molecule has 0 spiro atoms. The number of anilines is 1.